The quantitative estimate of drug-likeness (QED) is 0.807. The minimum Gasteiger partial charge on any atom is -0.316 e. The summed E-state index contributed by atoms with van der Waals surface area (Å²) in [5.41, 5.74) is 0.437. The molecular formula is C13H10N2O2S. The van der Waals surface area contributed by atoms with Gasteiger partial charge in [0.25, 0.3) is 5.91 Å². The molecule has 2 aromatic rings. The number of hydrogen-bond donors (Lipinski definition) is 2. The Kier molecular flexibility index (Phi) is 2.41. The molecule has 3 rings (SSSR count). The van der Waals surface area contributed by atoms with Gasteiger partial charge in [0.2, 0.25) is 0 Å². The maximum absolute atomic E-state index is 12.2. The van der Waals surface area contributed by atoms with Crippen LogP contribution < -0.4 is 10.6 Å². The van der Waals surface area contributed by atoms with Gasteiger partial charge in [-0.05, 0) is 22.4 Å². The van der Waals surface area contributed by atoms with Crippen molar-refractivity contribution in [2.45, 2.75) is 5.54 Å². The number of imide groups is 1. The van der Waals surface area contributed by atoms with E-state index in [1.54, 1.807) is 0 Å². The van der Waals surface area contributed by atoms with Crippen molar-refractivity contribution in [1.29, 1.82) is 0 Å². The van der Waals surface area contributed by atoms with Crippen molar-refractivity contribution in [2.24, 2.45) is 0 Å². The van der Waals surface area contributed by atoms with Crippen LogP contribution in [0.3, 0.4) is 0 Å². The largest absolute Gasteiger partial charge is 0.322 e. The topological polar surface area (TPSA) is 58.2 Å². The predicted octanol–water partition coefficient (Wildman–Crippen LogP) is 1.83. The first-order chi connectivity index (χ1) is 8.73. The molecule has 1 saturated heterocycles. The van der Waals surface area contributed by atoms with Gasteiger partial charge in [-0.15, -0.1) is 0 Å². The third-order valence-electron chi connectivity index (χ3n) is 3.03. The molecule has 1 fully saturated rings. The van der Waals surface area contributed by atoms with Crippen molar-refractivity contribution in [1.82, 2.24) is 10.6 Å². The van der Waals surface area contributed by atoms with E-state index in [2.05, 4.69) is 10.6 Å². The van der Waals surface area contributed by atoms with Crippen molar-refractivity contribution in [3.8, 4) is 0 Å². The fourth-order valence-corrected chi connectivity index (χ4v) is 2.90. The molecule has 0 bridgehead atoms. The summed E-state index contributed by atoms with van der Waals surface area (Å²) in [6.45, 7) is 0. The van der Waals surface area contributed by atoms with Crippen LogP contribution in [0.4, 0.5) is 4.79 Å². The maximum Gasteiger partial charge on any atom is 0.322 e. The van der Waals surface area contributed by atoms with Gasteiger partial charge in [-0.1, -0.05) is 30.3 Å². The number of carbonyl (C=O) groups is 2. The molecule has 90 valence electrons. The first-order valence-corrected chi connectivity index (χ1v) is 6.39. The van der Waals surface area contributed by atoms with Crippen LogP contribution in [0.2, 0.25) is 0 Å². The first-order valence-electron chi connectivity index (χ1n) is 5.45. The number of benzene rings is 1. The van der Waals surface area contributed by atoms with Crippen LogP contribution in [-0.2, 0) is 10.3 Å². The van der Waals surface area contributed by atoms with Crippen LogP contribution in [0.5, 0.6) is 0 Å². The van der Waals surface area contributed by atoms with Gasteiger partial charge >= 0.3 is 6.03 Å². The van der Waals surface area contributed by atoms with E-state index in [0.29, 0.717) is 0 Å². The zero-order valence-corrected chi connectivity index (χ0v) is 10.2. The van der Waals surface area contributed by atoms with E-state index < -0.39 is 11.6 Å². The van der Waals surface area contributed by atoms with Gasteiger partial charge in [0, 0.05) is 5.56 Å². The average Bonchev–Trinajstić information content (AvgIpc) is 2.99. The average molecular weight is 258 g/mol. The Labute approximate surface area is 108 Å². The standard InChI is InChI=1S/C13H10N2O2S/c16-11-13(15-12(17)14-11,10-6-7-18-8-10)9-4-2-1-3-5-9/h1-8H,(H2,14,15,16,17)/t13-/m1/s1. The Bertz CT molecular complexity index is 595. The second-order valence-electron chi connectivity index (χ2n) is 4.04. The van der Waals surface area contributed by atoms with Crippen molar-refractivity contribution in [3.05, 3.63) is 58.3 Å². The highest BCUT2D eigenvalue weighted by molar-refractivity contribution is 7.08. The van der Waals surface area contributed by atoms with E-state index in [-0.39, 0.29) is 5.91 Å². The van der Waals surface area contributed by atoms with Gasteiger partial charge in [-0.25, -0.2) is 4.79 Å². The van der Waals surface area contributed by atoms with Crippen molar-refractivity contribution >= 4 is 23.3 Å². The van der Waals surface area contributed by atoms with Crippen LogP contribution in [0.25, 0.3) is 0 Å². The molecule has 1 atom stereocenters. The van der Waals surface area contributed by atoms with Crippen LogP contribution in [0.15, 0.2) is 47.2 Å². The van der Waals surface area contributed by atoms with Gasteiger partial charge in [0.1, 0.15) is 0 Å². The lowest BCUT2D eigenvalue weighted by molar-refractivity contribution is -0.122. The highest BCUT2D eigenvalue weighted by Crippen LogP contribution is 2.33. The summed E-state index contributed by atoms with van der Waals surface area (Å²) in [5.74, 6) is -0.336. The molecule has 0 unspecified atom stereocenters. The van der Waals surface area contributed by atoms with E-state index in [1.165, 1.54) is 11.3 Å². The summed E-state index contributed by atoms with van der Waals surface area (Å²) in [6.07, 6.45) is 0. The summed E-state index contributed by atoms with van der Waals surface area (Å²) in [7, 11) is 0. The third-order valence-corrected chi connectivity index (χ3v) is 3.71. The van der Waals surface area contributed by atoms with Crippen LogP contribution in [0, 0.1) is 0 Å². The molecule has 2 N–H and O–H groups in total. The molecule has 3 amide bonds. The minimum atomic E-state index is -1.10. The second kappa shape index (κ2) is 3.96. The number of thiophene rings is 1. The Balaban J connectivity index is 2.22. The lowest BCUT2D eigenvalue weighted by Crippen LogP contribution is -2.44. The Morgan fingerprint density at radius 2 is 1.78 bits per heavy atom. The van der Waals surface area contributed by atoms with Gasteiger partial charge in [-0.3, -0.25) is 10.1 Å². The molecule has 1 aromatic carbocycles. The number of nitrogens with one attached hydrogen (secondary N) is 2. The normalized spacial score (nSPS) is 22.7. The predicted molar refractivity (Wildman–Crippen MR) is 68.2 cm³/mol. The molecule has 0 saturated carbocycles. The Morgan fingerprint density at radius 1 is 1.00 bits per heavy atom. The SMILES string of the molecule is O=C1NC(=O)[C@@](c2ccccc2)(c2ccsc2)N1. The summed E-state index contributed by atoms with van der Waals surface area (Å²) in [5, 5.41) is 8.81. The highest BCUT2D eigenvalue weighted by Gasteiger charge is 2.49. The summed E-state index contributed by atoms with van der Waals surface area (Å²) in [4.78, 5) is 23.7. The number of hydrogen-bond acceptors (Lipinski definition) is 3. The first kappa shape index (κ1) is 11.0. The van der Waals surface area contributed by atoms with Gasteiger partial charge < -0.3 is 5.32 Å². The summed E-state index contributed by atoms with van der Waals surface area (Å²) in [6, 6.07) is 10.6. The Hall–Kier alpha value is -2.14. The number of rotatable bonds is 2. The van der Waals surface area contributed by atoms with Crippen LogP contribution in [0.1, 0.15) is 11.1 Å². The van der Waals surface area contributed by atoms with Gasteiger partial charge in [0.05, 0.1) is 0 Å². The molecule has 0 spiro atoms. The van der Waals surface area contributed by atoms with E-state index in [4.69, 9.17) is 0 Å². The molecule has 4 nitrogen and oxygen atoms in total. The molecule has 0 aliphatic carbocycles. The molecule has 1 aliphatic rings. The van der Waals surface area contributed by atoms with Crippen molar-refractivity contribution in [2.75, 3.05) is 0 Å². The summed E-state index contributed by atoms with van der Waals surface area (Å²) >= 11 is 1.49. The molecular weight excluding hydrogens is 248 g/mol. The van der Waals surface area contributed by atoms with Gasteiger partial charge in [0.15, 0.2) is 5.54 Å². The number of carbonyl (C=O) groups excluding carboxylic acids is 2. The fourth-order valence-electron chi connectivity index (χ4n) is 2.19. The van der Waals surface area contributed by atoms with Crippen LogP contribution >= 0.6 is 11.3 Å². The molecule has 1 aromatic heterocycles. The highest BCUT2D eigenvalue weighted by atomic mass is 32.1. The molecule has 5 heteroatoms. The second-order valence-corrected chi connectivity index (χ2v) is 4.82. The van der Waals surface area contributed by atoms with E-state index in [1.807, 2.05) is 47.2 Å². The van der Waals surface area contributed by atoms with Crippen LogP contribution in [-0.4, -0.2) is 11.9 Å². The van der Waals surface area contributed by atoms with E-state index in [0.717, 1.165) is 11.1 Å². The Morgan fingerprint density at radius 3 is 2.33 bits per heavy atom. The monoisotopic (exact) mass is 258 g/mol. The molecule has 0 radical (unpaired) electrons. The van der Waals surface area contributed by atoms with Crippen molar-refractivity contribution < 1.29 is 9.59 Å². The van der Waals surface area contributed by atoms with E-state index in [9.17, 15) is 9.59 Å². The minimum absolute atomic E-state index is 0.336. The molecule has 18 heavy (non-hydrogen) atoms. The van der Waals surface area contributed by atoms with Crippen molar-refractivity contribution in [3.63, 3.8) is 0 Å². The lowest BCUT2D eigenvalue weighted by Gasteiger charge is -2.25. The maximum atomic E-state index is 12.2. The van der Waals surface area contributed by atoms with Gasteiger partial charge in [-0.2, -0.15) is 11.3 Å². The zero-order valence-electron chi connectivity index (χ0n) is 9.34. The summed E-state index contributed by atoms with van der Waals surface area (Å²) < 4.78 is 0. The molecule has 1 aliphatic heterocycles. The number of amides is 3. The third kappa shape index (κ3) is 1.44. The number of urea groups is 1. The lowest BCUT2D eigenvalue weighted by atomic mass is 9.84. The fraction of sp³-hybridized carbons (Fsp3) is 0.0769. The molecule has 2 heterocycles. The smallest absolute Gasteiger partial charge is 0.316 e. The van der Waals surface area contributed by atoms with E-state index >= 15 is 0 Å². The zero-order chi connectivity index (χ0) is 12.6.